The van der Waals surface area contributed by atoms with Crippen LogP contribution in [0.2, 0.25) is 0 Å². The van der Waals surface area contributed by atoms with Crippen LogP contribution in [0.4, 0.5) is 16.3 Å². The molecule has 2 rings (SSSR count). The topological polar surface area (TPSA) is 80.0 Å². The summed E-state index contributed by atoms with van der Waals surface area (Å²) in [6.07, 6.45) is 1.64. The standard InChI is InChI=1S/C15H17BrN4O/c1-9-6-12(16)8-18-14(9)20-15(21)19-13-5-3-4-11(7-13)10(2)17/h3-8,10H,17H2,1-2H3,(H2,18,19,20,21). The van der Waals surface area contributed by atoms with Crippen LogP contribution in [0.1, 0.15) is 24.1 Å². The Labute approximate surface area is 132 Å². The largest absolute Gasteiger partial charge is 0.324 e. The zero-order valence-electron chi connectivity index (χ0n) is 11.9. The van der Waals surface area contributed by atoms with Gasteiger partial charge in [0.2, 0.25) is 0 Å². The van der Waals surface area contributed by atoms with Gasteiger partial charge >= 0.3 is 6.03 Å². The molecule has 0 aliphatic carbocycles. The highest BCUT2D eigenvalue weighted by Gasteiger charge is 2.07. The number of pyridine rings is 1. The van der Waals surface area contributed by atoms with Crippen molar-refractivity contribution in [1.29, 1.82) is 0 Å². The molecule has 0 spiro atoms. The van der Waals surface area contributed by atoms with Crippen LogP contribution in [-0.2, 0) is 0 Å². The number of benzene rings is 1. The van der Waals surface area contributed by atoms with Crippen molar-refractivity contribution in [2.45, 2.75) is 19.9 Å². The molecule has 1 unspecified atom stereocenters. The second-order valence-corrected chi connectivity index (χ2v) is 5.73. The van der Waals surface area contributed by atoms with E-state index in [2.05, 4.69) is 31.5 Å². The highest BCUT2D eigenvalue weighted by atomic mass is 79.9. The number of nitrogens with one attached hydrogen (secondary N) is 2. The fraction of sp³-hybridized carbons (Fsp3) is 0.200. The molecule has 1 heterocycles. The van der Waals surface area contributed by atoms with Gasteiger partial charge < -0.3 is 11.1 Å². The van der Waals surface area contributed by atoms with Crippen molar-refractivity contribution in [2.75, 3.05) is 10.6 Å². The van der Waals surface area contributed by atoms with Gasteiger partial charge in [0.15, 0.2) is 0 Å². The molecule has 6 heteroatoms. The van der Waals surface area contributed by atoms with E-state index in [-0.39, 0.29) is 12.1 Å². The second kappa shape index (κ2) is 6.69. The van der Waals surface area contributed by atoms with Gasteiger partial charge in [-0.2, -0.15) is 0 Å². The predicted octanol–water partition coefficient (Wildman–Crippen LogP) is 3.82. The Morgan fingerprint density at radius 1 is 1.33 bits per heavy atom. The molecule has 0 bridgehead atoms. The Kier molecular flexibility index (Phi) is 4.93. The summed E-state index contributed by atoms with van der Waals surface area (Å²) in [6, 6.07) is 8.92. The number of amides is 2. The number of nitrogens with zero attached hydrogens (tertiary/aromatic N) is 1. The summed E-state index contributed by atoms with van der Waals surface area (Å²) in [5.74, 6) is 0.527. The first-order chi connectivity index (χ1) is 9.95. The molecule has 0 fully saturated rings. The molecule has 0 saturated heterocycles. The zero-order chi connectivity index (χ0) is 15.4. The molecule has 0 aliphatic heterocycles. The van der Waals surface area contributed by atoms with Gasteiger partial charge in [0.25, 0.3) is 0 Å². The van der Waals surface area contributed by atoms with Crippen molar-refractivity contribution in [2.24, 2.45) is 5.73 Å². The van der Waals surface area contributed by atoms with E-state index in [1.165, 1.54) is 0 Å². The Balaban J connectivity index is 2.06. The zero-order valence-corrected chi connectivity index (χ0v) is 13.4. The van der Waals surface area contributed by atoms with E-state index in [4.69, 9.17) is 5.73 Å². The number of aromatic nitrogens is 1. The summed E-state index contributed by atoms with van der Waals surface area (Å²) in [7, 11) is 0. The van der Waals surface area contributed by atoms with Crippen LogP contribution in [0.5, 0.6) is 0 Å². The van der Waals surface area contributed by atoms with E-state index in [1.807, 2.05) is 44.2 Å². The maximum absolute atomic E-state index is 12.0. The molecule has 21 heavy (non-hydrogen) atoms. The first kappa shape index (κ1) is 15.5. The number of nitrogens with two attached hydrogens (primary N) is 1. The van der Waals surface area contributed by atoms with E-state index in [0.717, 1.165) is 15.6 Å². The van der Waals surface area contributed by atoms with Crippen molar-refractivity contribution in [3.63, 3.8) is 0 Å². The van der Waals surface area contributed by atoms with Crippen molar-refractivity contribution >= 4 is 33.5 Å². The molecular formula is C15H17BrN4O. The lowest BCUT2D eigenvalue weighted by molar-refractivity contribution is 0.262. The van der Waals surface area contributed by atoms with E-state index >= 15 is 0 Å². The van der Waals surface area contributed by atoms with Crippen molar-refractivity contribution in [1.82, 2.24) is 4.98 Å². The van der Waals surface area contributed by atoms with Crippen molar-refractivity contribution in [3.05, 3.63) is 52.1 Å². The maximum Gasteiger partial charge on any atom is 0.324 e. The van der Waals surface area contributed by atoms with E-state index in [9.17, 15) is 4.79 Å². The van der Waals surface area contributed by atoms with Gasteiger partial charge in [0.05, 0.1) is 0 Å². The second-order valence-electron chi connectivity index (χ2n) is 4.81. The van der Waals surface area contributed by atoms with Gasteiger partial charge in [-0.05, 0) is 59.1 Å². The van der Waals surface area contributed by atoms with Gasteiger partial charge in [-0.3, -0.25) is 5.32 Å². The average Bonchev–Trinajstić information content (AvgIpc) is 2.42. The molecule has 1 atom stereocenters. The SMILES string of the molecule is Cc1cc(Br)cnc1NC(=O)Nc1cccc(C(C)N)c1. The number of anilines is 2. The predicted molar refractivity (Wildman–Crippen MR) is 88.4 cm³/mol. The van der Waals surface area contributed by atoms with E-state index < -0.39 is 0 Å². The summed E-state index contributed by atoms with van der Waals surface area (Å²) < 4.78 is 0.871. The van der Waals surface area contributed by atoms with E-state index in [1.54, 1.807) is 6.20 Å². The molecule has 0 aliphatic rings. The molecule has 0 saturated carbocycles. The molecule has 5 nitrogen and oxygen atoms in total. The third-order valence-electron chi connectivity index (χ3n) is 2.95. The van der Waals surface area contributed by atoms with Crippen LogP contribution in [0, 0.1) is 6.92 Å². The number of urea groups is 1. The lowest BCUT2D eigenvalue weighted by Gasteiger charge is -2.11. The summed E-state index contributed by atoms with van der Waals surface area (Å²) >= 11 is 3.34. The normalized spacial score (nSPS) is 11.8. The van der Waals surface area contributed by atoms with E-state index in [0.29, 0.717) is 11.5 Å². The smallest absolute Gasteiger partial charge is 0.324 e. The van der Waals surface area contributed by atoms with Gasteiger partial charge in [0, 0.05) is 22.4 Å². The van der Waals surface area contributed by atoms with Crippen LogP contribution in [-0.4, -0.2) is 11.0 Å². The minimum atomic E-state index is -0.338. The van der Waals surface area contributed by atoms with Crippen LogP contribution in [0.25, 0.3) is 0 Å². The van der Waals surface area contributed by atoms with Crippen LogP contribution in [0.15, 0.2) is 41.0 Å². The van der Waals surface area contributed by atoms with Gasteiger partial charge in [-0.25, -0.2) is 9.78 Å². The number of hydrogen-bond donors (Lipinski definition) is 3. The molecule has 110 valence electrons. The highest BCUT2D eigenvalue weighted by molar-refractivity contribution is 9.10. The molecule has 2 amide bonds. The first-order valence-corrected chi connectivity index (χ1v) is 7.30. The summed E-state index contributed by atoms with van der Waals surface area (Å²) in [5.41, 5.74) is 8.36. The Bertz CT molecular complexity index is 658. The van der Waals surface area contributed by atoms with Crippen LogP contribution in [0.3, 0.4) is 0 Å². The number of carbonyl (C=O) groups is 1. The van der Waals surface area contributed by atoms with Gasteiger partial charge in [-0.15, -0.1) is 0 Å². The first-order valence-electron chi connectivity index (χ1n) is 6.51. The summed E-state index contributed by atoms with van der Waals surface area (Å²) in [5, 5.41) is 5.49. The number of hydrogen-bond acceptors (Lipinski definition) is 3. The molecule has 0 radical (unpaired) electrons. The third kappa shape index (κ3) is 4.27. The van der Waals surface area contributed by atoms with Crippen LogP contribution >= 0.6 is 15.9 Å². The maximum atomic E-state index is 12.0. The number of aryl methyl sites for hydroxylation is 1. The number of halogens is 1. The fourth-order valence-corrected chi connectivity index (χ4v) is 2.29. The molecule has 2 aromatic rings. The lowest BCUT2D eigenvalue weighted by atomic mass is 10.1. The monoisotopic (exact) mass is 348 g/mol. The highest BCUT2D eigenvalue weighted by Crippen LogP contribution is 2.18. The van der Waals surface area contributed by atoms with Crippen molar-refractivity contribution < 1.29 is 4.79 Å². The Morgan fingerprint density at radius 3 is 2.76 bits per heavy atom. The molecular weight excluding hydrogens is 332 g/mol. The molecule has 1 aromatic carbocycles. The molecule has 4 N–H and O–H groups in total. The Hall–Kier alpha value is -1.92. The minimum Gasteiger partial charge on any atom is -0.324 e. The van der Waals surface area contributed by atoms with Gasteiger partial charge in [-0.1, -0.05) is 12.1 Å². The Morgan fingerprint density at radius 2 is 2.10 bits per heavy atom. The summed E-state index contributed by atoms with van der Waals surface area (Å²) in [6.45, 7) is 3.78. The quantitative estimate of drug-likeness (QED) is 0.788. The third-order valence-corrected chi connectivity index (χ3v) is 3.38. The minimum absolute atomic E-state index is 0.0785. The fourth-order valence-electron chi connectivity index (χ4n) is 1.84. The van der Waals surface area contributed by atoms with Gasteiger partial charge in [0.1, 0.15) is 5.82 Å². The number of rotatable bonds is 3. The van der Waals surface area contributed by atoms with Crippen LogP contribution < -0.4 is 16.4 Å². The average molecular weight is 349 g/mol. The lowest BCUT2D eigenvalue weighted by Crippen LogP contribution is -2.21. The molecule has 1 aromatic heterocycles. The number of carbonyl (C=O) groups excluding carboxylic acids is 1. The summed E-state index contributed by atoms with van der Waals surface area (Å²) in [4.78, 5) is 16.2. The van der Waals surface area contributed by atoms with Crippen molar-refractivity contribution in [3.8, 4) is 0 Å².